The molecule has 1 aliphatic heterocycles. The van der Waals surface area contributed by atoms with Crippen molar-refractivity contribution >= 4 is 38.0 Å². The average molecular weight is 471 g/mol. The second kappa shape index (κ2) is 12.5. The van der Waals surface area contributed by atoms with Gasteiger partial charge in [-0.2, -0.15) is 0 Å². The van der Waals surface area contributed by atoms with Crippen LogP contribution in [0.1, 0.15) is 68.1 Å². The zero-order valence-electron chi connectivity index (χ0n) is 18.1. The van der Waals surface area contributed by atoms with Crippen LogP contribution in [0.3, 0.4) is 0 Å². The number of esters is 1. The second-order valence-electron chi connectivity index (χ2n) is 8.96. The number of hydrogen-bond acceptors (Lipinski definition) is 3. The number of hydrogen-bond donors (Lipinski definition) is 0. The monoisotopic (exact) mass is 469 g/mol. The molecule has 1 saturated heterocycles. The topological polar surface area (TPSA) is 35.5 Å². The highest BCUT2D eigenvalue weighted by molar-refractivity contribution is 6.58. The van der Waals surface area contributed by atoms with E-state index >= 15 is 0 Å². The lowest BCUT2D eigenvalue weighted by Gasteiger charge is -2.37. The lowest BCUT2D eigenvalue weighted by Crippen LogP contribution is -2.31. The molecule has 2 aliphatic rings. The van der Waals surface area contributed by atoms with Gasteiger partial charge in [-0.15, -0.1) is 0 Å². The average Bonchev–Trinajstić information content (AvgIpc) is 2.76. The van der Waals surface area contributed by atoms with Gasteiger partial charge in [0.2, 0.25) is 0 Å². The zero-order valence-corrected chi connectivity index (χ0v) is 20.6. The van der Waals surface area contributed by atoms with Crippen LogP contribution in [0.2, 0.25) is 28.2 Å². The van der Waals surface area contributed by atoms with Crippen LogP contribution in [0.25, 0.3) is 0 Å². The molecule has 1 aliphatic carbocycles. The van der Waals surface area contributed by atoms with E-state index in [1.54, 1.807) is 25.3 Å². The Kier molecular flexibility index (Phi) is 10.0. The van der Waals surface area contributed by atoms with Crippen LogP contribution in [-0.2, 0) is 9.47 Å². The Morgan fingerprint density at radius 3 is 2.33 bits per heavy atom. The van der Waals surface area contributed by atoms with Crippen LogP contribution in [0.15, 0.2) is 18.2 Å². The predicted octanol–water partition coefficient (Wildman–Crippen LogP) is 7.43. The summed E-state index contributed by atoms with van der Waals surface area (Å²) in [4.78, 5) is 12.4. The highest BCUT2D eigenvalue weighted by Gasteiger charge is 2.32. The molecule has 1 aromatic carbocycles. The van der Waals surface area contributed by atoms with E-state index in [2.05, 4.69) is 0 Å². The first-order valence-electron chi connectivity index (χ1n) is 11.6. The Labute approximate surface area is 193 Å². The Morgan fingerprint density at radius 1 is 0.967 bits per heavy atom. The van der Waals surface area contributed by atoms with Crippen LogP contribution in [-0.4, -0.2) is 34.6 Å². The van der Waals surface area contributed by atoms with E-state index in [0.29, 0.717) is 15.6 Å². The third-order valence-electron chi connectivity index (χ3n) is 6.93. The first-order valence-corrected chi connectivity index (χ1v) is 14.4. The highest BCUT2D eigenvalue weighted by atomic mass is 35.5. The molecule has 30 heavy (non-hydrogen) atoms. The van der Waals surface area contributed by atoms with Crippen LogP contribution in [0.4, 0.5) is 0 Å². The van der Waals surface area contributed by atoms with Crippen molar-refractivity contribution in [2.45, 2.75) is 82.0 Å². The Bertz CT molecular complexity index is 668. The van der Waals surface area contributed by atoms with Gasteiger partial charge in [-0.3, -0.25) is 0 Å². The highest BCUT2D eigenvalue weighted by Crippen LogP contribution is 2.40. The Hall–Kier alpha value is -0.553. The van der Waals surface area contributed by atoms with Crippen molar-refractivity contribution in [3.63, 3.8) is 0 Å². The van der Waals surface area contributed by atoms with Gasteiger partial charge in [-0.05, 0) is 62.1 Å². The maximum atomic E-state index is 12.4. The van der Waals surface area contributed by atoms with Crippen LogP contribution >= 0.6 is 23.2 Å². The van der Waals surface area contributed by atoms with Gasteiger partial charge in [0.15, 0.2) is 0 Å². The van der Waals surface area contributed by atoms with Crippen LogP contribution in [0, 0.1) is 11.8 Å². The summed E-state index contributed by atoms with van der Waals surface area (Å²) in [6, 6.07) is 9.43. The minimum Gasteiger partial charge on any atom is -0.459 e. The van der Waals surface area contributed by atoms with E-state index < -0.39 is 0 Å². The maximum Gasteiger partial charge on any atom is 0.338 e. The fourth-order valence-electron chi connectivity index (χ4n) is 5.09. The Morgan fingerprint density at radius 2 is 1.67 bits per heavy atom. The summed E-state index contributed by atoms with van der Waals surface area (Å²) in [5.41, 5.74) is 0.482. The summed E-state index contributed by atoms with van der Waals surface area (Å²) in [5.74, 6) is 1.45. The largest absolute Gasteiger partial charge is 0.459 e. The van der Waals surface area contributed by atoms with Crippen LogP contribution in [0.5, 0.6) is 0 Å². The molecule has 167 valence electrons. The molecule has 6 heteroatoms. The van der Waals surface area contributed by atoms with Gasteiger partial charge in [0, 0.05) is 22.5 Å². The molecule has 0 spiro atoms. The van der Waals surface area contributed by atoms with Gasteiger partial charge in [-0.1, -0.05) is 67.0 Å². The zero-order chi connectivity index (χ0) is 21.3. The smallest absolute Gasteiger partial charge is 0.338 e. The van der Waals surface area contributed by atoms with Crippen molar-refractivity contribution in [2.24, 2.45) is 11.8 Å². The summed E-state index contributed by atoms with van der Waals surface area (Å²) in [7, 11) is 1.69. The predicted molar refractivity (Wildman–Crippen MR) is 126 cm³/mol. The van der Waals surface area contributed by atoms with Gasteiger partial charge < -0.3 is 9.47 Å². The number of ether oxygens (including phenoxy) is 2. The summed E-state index contributed by atoms with van der Waals surface area (Å²) in [6.07, 6.45) is 11.2. The molecule has 0 atom stereocenters. The third kappa shape index (κ3) is 7.25. The number of halogens is 2. The van der Waals surface area contributed by atoms with Crippen molar-refractivity contribution in [1.82, 2.24) is 0 Å². The SMILES string of the molecule is COCCCCC[Si]1CCC(C2CCC(OC(=O)c3ccc(Cl)c(Cl)c3)CC2)CC1. The van der Waals surface area contributed by atoms with Crippen molar-refractivity contribution < 1.29 is 14.3 Å². The molecule has 1 saturated carbocycles. The molecule has 0 bridgehead atoms. The Balaban J connectivity index is 1.34. The summed E-state index contributed by atoms with van der Waals surface area (Å²) < 4.78 is 10.9. The fourth-order valence-corrected chi connectivity index (χ4v) is 8.44. The van der Waals surface area contributed by atoms with E-state index in [1.165, 1.54) is 63.1 Å². The molecule has 2 fully saturated rings. The van der Waals surface area contributed by atoms with Crippen molar-refractivity contribution in [3.8, 4) is 0 Å². The standard InChI is InChI=1S/C24H35Cl2O3Si/c1-28-13-3-2-4-14-30-15-11-19(12-16-30)18-5-8-21(9-6-18)29-24(27)20-7-10-22(25)23(26)17-20/h7,10,17-19,21H,2-6,8-9,11-16H2,1H3. The lowest BCUT2D eigenvalue weighted by atomic mass is 9.76. The quantitative estimate of drug-likeness (QED) is 0.214. The first kappa shape index (κ1) is 24.1. The van der Waals surface area contributed by atoms with Crippen molar-refractivity contribution in [3.05, 3.63) is 33.8 Å². The number of carbonyl (C=O) groups is 1. The second-order valence-corrected chi connectivity index (χ2v) is 12.8. The van der Waals surface area contributed by atoms with E-state index in [-0.39, 0.29) is 20.9 Å². The molecule has 1 heterocycles. The summed E-state index contributed by atoms with van der Waals surface area (Å²) in [5, 5.41) is 0.847. The number of carbonyl (C=O) groups excluding carboxylic acids is 1. The first-order chi connectivity index (χ1) is 14.6. The number of methoxy groups -OCH3 is 1. The van der Waals surface area contributed by atoms with E-state index in [9.17, 15) is 4.79 Å². The van der Waals surface area contributed by atoms with Crippen molar-refractivity contribution in [2.75, 3.05) is 13.7 Å². The molecule has 1 radical (unpaired) electrons. The number of benzene rings is 1. The van der Waals surface area contributed by atoms with Gasteiger partial charge in [0.1, 0.15) is 6.10 Å². The van der Waals surface area contributed by atoms with Gasteiger partial charge in [-0.25, -0.2) is 4.79 Å². The van der Waals surface area contributed by atoms with Gasteiger partial charge in [0.25, 0.3) is 0 Å². The molecular formula is C24H35Cl2O3Si. The minimum absolute atomic E-state index is 0.0403. The lowest BCUT2D eigenvalue weighted by molar-refractivity contribution is 0.0127. The molecular weight excluding hydrogens is 435 g/mol. The number of unbranched alkanes of at least 4 members (excludes halogenated alkanes) is 2. The van der Waals surface area contributed by atoms with E-state index in [0.717, 1.165) is 31.3 Å². The molecule has 0 unspecified atom stereocenters. The van der Waals surface area contributed by atoms with Crippen LogP contribution < -0.4 is 0 Å². The molecule has 3 rings (SSSR count). The van der Waals surface area contributed by atoms with Gasteiger partial charge >= 0.3 is 5.97 Å². The summed E-state index contributed by atoms with van der Waals surface area (Å²) in [6.45, 7) is 0.912. The molecule has 3 nitrogen and oxygen atoms in total. The fraction of sp³-hybridized carbons (Fsp3) is 0.708. The molecule has 0 aromatic heterocycles. The minimum atomic E-state index is -0.285. The number of rotatable bonds is 9. The summed E-state index contributed by atoms with van der Waals surface area (Å²) >= 11 is 12.0. The molecule has 0 amide bonds. The molecule has 1 aromatic rings. The molecule has 0 N–H and O–H groups in total. The van der Waals surface area contributed by atoms with E-state index in [4.69, 9.17) is 32.7 Å². The van der Waals surface area contributed by atoms with Crippen molar-refractivity contribution in [1.29, 1.82) is 0 Å². The third-order valence-corrected chi connectivity index (χ3v) is 10.7. The van der Waals surface area contributed by atoms with E-state index in [1.807, 2.05) is 0 Å². The van der Waals surface area contributed by atoms with Gasteiger partial charge in [0.05, 0.1) is 15.6 Å². The maximum absolute atomic E-state index is 12.4. The normalized spacial score (nSPS) is 23.4.